The molecule has 0 radical (unpaired) electrons. The van der Waals surface area contributed by atoms with E-state index in [1.807, 2.05) is 36.4 Å². The Kier molecular flexibility index (Phi) is 16.3. The van der Waals surface area contributed by atoms with Gasteiger partial charge in [0.1, 0.15) is 0 Å². The van der Waals surface area contributed by atoms with Crippen LogP contribution in [0.1, 0.15) is 97.9 Å². The number of benzene rings is 6. The van der Waals surface area contributed by atoms with Crippen LogP contribution >= 0.6 is 0 Å². The minimum Gasteiger partial charge on any atom is -0.0811 e. The zero-order valence-electron chi connectivity index (χ0n) is 37.5. The first kappa shape index (κ1) is 44.3. The number of aryl methyl sites for hydroxylation is 2. The van der Waals surface area contributed by atoms with Crippen molar-refractivity contribution in [3.63, 3.8) is 0 Å². The number of hydrogen-bond acceptors (Lipinski definition) is 0. The van der Waals surface area contributed by atoms with Crippen molar-refractivity contribution in [3.8, 4) is 11.1 Å². The Bertz CT molecular complexity index is 2440. The third-order valence-electron chi connectivity index (χ3n) is 11.4. The van der Waals surface area contributed by atoms with Crippen LogP contribution in [-0.2, 0) is 6.42 Å². The molecule has 4 aliphatic carbocycles. The molecule has 10 rings (SSSR count). The number of hydrogen-bond donors (Lipinski definition) is 0. The Morgan fingerprint density at radius 3 is 1.56 bits per heavy atom. The molecule has 0 saturated carbocycles. The van der Waals surface area contributed by atoms with Gasteiger partial charge in [-0.25, -0.2) is 0 Å². The standard InChI is InChI=1S/C36H28.C8H12.2C7H8.C3H8/c1-24-21-33(26-13-7-3-8-14-26)31-20-18-30-28(22-25-11-5-2-6-12-25)23-34(27-15-9-4-10-16-27)32-19-17-29(24)35(31)36(30)32;1-7-3-5-8(2)6-4-7;2*1-7-5-3-2-4-6-7;1-3-2/h2-21,23,29,35H,22H2,1H3;3-5,8H,6H2,1-2H3;2*2-6H,1H3;3H2,1-2H3. The molecular weight excluding hydrogens is 733 g/mol. The summed E-state index contributed by atoms with van der Waals surface area (Å²) < 4.78 is 0. The van der Waals surface area contributed by atoms with Gasteiger partial charge in [0.25, 0.3) is 0 Å². The summed E-state index contributed by atoms with van der Waals surface area (Å²) >= 11 is 0. The first-order valence-electron chi connectivity index (χ1n) is 22.3. The third-order valence-corrected chi connectivity index (χ3v) is 11.4. The lowest BCUT2D eigenvalue weighted by atomic mass is 9.63. The summed E-state index contributed by atoms with van der Waals surface area (Å²) in [5.74, 6) is 1.52. The van der Waals surface area contributed by atoms with Gasteiger partial charge in [-0.1, -0.05) is 250 Å². The van der Waals surface area contributed by atoms with Crippen LogP contribution in [0.2, 0.25) is 0 Å². The summed E-state index contributed by atoms with van der Waals surface area (Å²) in [6, 6.07) is 55.7. The van der Waals surface area contributed by atoms with E-state index in [0.717, 1.165) is 12.3 Å². The van der Waals surface area contributed by atoms with Crippen molar-refractivity contribution in [3.05, 3.63) is 255 Å². The molecule has 0 aliphatic heterocycles. The van der Waals surface area contributed by atoms with Crippen LogP contribution in [0.4, 0.5) is 0 Å². The zero-order chi connectivity index (χ0) is 43.0. The first-order chi connectivity index (χ1) is 29.8. The van der Waals surface area contributed by atoms with Crippen molar-refractivity contribution >= 4 is 17.7 Å². The van der Waals surface area contributed by atoms with E-state index in [2.05, 4.69) is 218 Å². The Balaban J connectivity index is 0.000000200. The van der Waals surface area contributed by atoms with Gasteiger partial charge in [-0.2, -0.15) is 0 Å². The van der Waals surface area contributed by atoms with Crippen molar-refractivity contribution in [2.24, 2.45) is 11.8 Å². The Morgan fingerprint density at radius 2 is 1.07 bits per heavy atom. The molecule has 0 spiro atoms. The van der Waals surface area contributed by atoms with E-state index in [1.54, 1.807) is 0 Å². The molecule has 0 fully saturated rings. The van der Waals surface area contributed by atoms with Gasteiger partial charge in [-0.3, -0.25) is 0 Å². The minimum atomic E-state index is 0.350. The molecule has 308 valence electrons. The molecule has 0 saturated heterocycles. The molecule has 3 unspecified atom stereocenters. The van der Waals surface area contributed by atoms with Crippen LogP contribution < -0.4 is 0 Å². The van der Waals surface area contributed by atoms with Crippen molar-refractivity contribution in [2.45, 2.75) is 73.6 Å². The molecule has 0 aromatic heterocycles. The molecule has 4 aliphatic rings. The van der Waals surface area contributed by atoms with E-state index >= 15 is 0 Å². The molecule has 0 amide bonds. The lowest BCUT2D eigenvalue weighted by molar-refractivity contribution is 0.632. The van der Waals surface area contributed by atoms with E-state index in [4.69, 9.17) is 0 Å². The summed E-state index contributed by atoms with van der Waals surface area (Å²) in [5.41, 5.74) is 19.3. The molecule has 3 atom stereocenters. The second kappa shape index (κ2) is 22.4. The van der Waals surface area contributed by atoms with E-state index in [-0.39, 0.29) is 0 Å². The Morgan fingerprint density at radius 1 is 0.541 bits per heavy atom. The quantitative estimate of drug-likeness (QED) is 0.167. The van der Waals surface area contributed by atoms with Crippen molar-refractivity contribution < 1.29 is 0 Å². The van der Waals surface area contributed by atoms with E-state index in [1.165, 1.54) is 90.8 Å². The molecule has 6 aromatic rings. The van der Waals surface area contributed by atoms with Crippen LogP contribution in [0.3, 0.4) is 0 Å². The molecule has 0 heteroatoms. The highest BCUT2D eigenvalue weighted by atomic mass is 14.4. The lowest BCUT2D eigenvalue weighted by Crippen LogP contribution is -2.25. The third kappa shape index (κ3) is 12.0. The van der Waals surface area contributed by atoms with Crippen molar-refractivity contribution in [1.82, 2.24) is 0 Å². The van der Waals surface area contributed by atoms with Crippen molar-refractivity contribution in [1.29, 1.82) is 0 Å². The molecule has 0 heterocycles. The maximum absolute atomic E-state index is 2.45. The molecule has 6 aromatic carbocycles. The second-order valence-corrected chi connectivity index (χ2v) is 16.7. The van der Waals surface area contributed by atoms with Crippen LogP contribution in [0.15, 0.2) is 211 Å². The Labute approximate surface area is 368 Å². The van der Waals surface area contributed by atoms with E-state index in [0.29, 0.717) is 11.8 Å². The summed E-state index contributed by atoms with van der Waals surface area (Å²) in [7, 11) is 0. The maximum atomic E-state index is 2.45. The SMILES string of the molecule is CC1=CC(c2ccccc2)=C2C=Cc3c(Cc4ccccc4)cc(-c4ccccc4)c4c3C2C1C=C4.CC1=CCC(C)C=C1.CCC.Cc1ccccc1.Cc1ccccc1. The van der Waals surface area contributed by atoms with Gasteiger partial charge in [-0.05, 0) is 108 Å². The molecule has 61 heavy (non-hydrogen) atoms. The second-order valence-electron chi connectivity index (χ2n) is 16.7. The zero-order valence-corrected chi connectivity index (χ0v) is 37.5. The fraction of sp³-hybridized carbons (Fsp3) is 0.213. The van der Waals surface area contributed by atoms with Crippen LogP contribution in [0.25, 0.3) is 28.9 Å². The predicted molar refractivity (Wildman–Crippen MR) is 268 cm³/mol. The van der Waals surface area contributed by atoms with Gasteiger partial charge in [0.15, 0.2) is 0 Å². The highest BCUT2D eigenvalue weighted by molar-refractivity contribution is 5.91. The predicted octanol–water partition coefficient (Wildman–Crippen LogP) is 17.0. The summed E-state index contributed by atoms with van der Waals surface area (Å²) in [5, 5.41) is 0. The van der Waals surface area contributed by atoms with Crippen LogP contribution in [0.5, 0.6) is 0 Å². The summed E-state index contributed by atoms with van der Waals surface area (Å²) in [4.78, 5) is 0. The first-order valence-corrected chi connectivity index (χ1v) is 22.3. The van der Waals surface area contributed by atoms with Gasteiger partial charge >= 0.3 is 0 Å². The minimum absolute atomic E-state index is 0.350. The average molecular weight is 797 g/mol. The molecule has 0 nitrogen and oxygen atoms in total. The van der Waals surface area contributed by atoms with Gasteiger partial charge in [-0.15, -0.1) is 0 Å². The van der Waals surface area contributed by atoms with Crippen molar-refractivity contribution in [2.75, 3.05) is 0 Å². The van der Waals surface area contributed by atoms with Gasteiger partial charge < -0.3 is 0 Å². The molecule has 0 N–H and O–H groups in total. The smallest absolute Gasteiger partial charge is 0.0208 e. The van der Waals surface area contributed by atoms with E-state index in [9.17, 15) is 0 Å². The normalized spacial score (nSPS) is 17.3. The van der Waals surface area contributed by atoms with Crippen LogP contribution in [0, 0.1) is 25.7 Å². The fourth-order valence-electron chi connectivity index (χ4n) is 8.29. The number of allylic oxidation sites excluding steroid dienone is 10. The van der Waals surface area contributed by atoms with Gasteiger partial charge in [0.05, 0.1) is 0 Å². The molecular formula is C61H64. The highest BCUT2D eigenvalue weighted by Crippen LogP contribution is 2.54. The fourth-order valence-corrected chi connectivity index (χ4v) is 8.29. The summed E-state index contributed by atoms with van der Waals surface area (Å²) in [6.45, 7) is 15.1. The summed E-state index contributed by atoms with van der Waals surface area (Å²) in [6.07, 6.45) is 22.2. The van der Waals surface area contributed by atoms with E-state index < -0.39 is 0 Å². The monoisotopic (exact) mass is 797 g/mol. The number of rotatable bonds is 4. The van der Waals surface area contributed by atoms with Gasteiger partial charge in [0.2, 0.25) is 0 Å². The maximum Gasteiger partial charge on any atom is 0.0208 e. The largest absolute Gasteiger partial charge is 0.0811 e. The molecule has 0 bridgehead atoms. The van der Waals surface area contributed by atoms with Crippen LogP contribution in [-0.4, -0.2) is 0 Å². The lowest BCUT2D eigenvalue weighted by Gasteiger charge is -2.40. The topological polar surface area (TPSA) is 0 Å². The highest BCUT2D eigenvalue weighted by Gasteiger charge is 2.38. The van der Waals surface area contributed by atoms with Gasteiger partial charge in [0, 0.05) is 11.8 Å². The average Bonchev–Trinajstić information content (AvgIpc) is 3.30. The Hall–Kier alpha value is -6.24.